The van der Waals surface area contributed by atoms with E-state index in [-0.39, 0.29) is 11.5 Å². The van der Waals surface area contributed by atoms with Gasteiger partial charge in [-0.1, -0.05) is 12.1 Å². The van der Waals surface area contributed by atoms with E-state index in [2.05, 4.69) is 0 Å². The third kappa shape index (κ3) is 3.99. The normalized spacial score (nSPS) is 10.2. The Hall–Kier alpha value is -2.49. The molecule has 2 aromatic carbocycles. The fraction of sp³-hybridized carbons (Fsp3) is 0.235. The maximum absolute atomic E-state index is 11.3. The van der Waals surface area contributed by atoms with E-state index in [1.807, 2.05) is 12.1 Å². The fourth-order valence-corrected chi connectivity index (χ4v) is 1.95. The Labute approximate surface area is 123 Å². The maximum atomic E-state index is 11.3. The number of phenolic OH excluding ortho intramolecular Hbond substituents is 1. The number of benzene rings is 2. The predicted molar refractivity (Wildman–Crippen MR) is 80.3 cm³/mol. The number of Topliss-reactive ketones (excluding diaryl/α,β-unsaturated/α-hetero) is 1. The van der Waals surface area contributed by atoms with E-state index in [1.54, 1.807) is 37.4 Å². The van der Waals surface area contributed by atoms with Crippen LogP contribution in [-0.4, -0.2) is 24.6 Å². The van der Waals surface area contributed by atoms with Crippen LogP contribution in [0.3, 0.4) is 0 Å². The maximum Gasteiger partial charge on any atom is 0.161 e. The predicted octanol–water partition coefficient (Wildman–Crippen LogP) is 3.22. The van der Waals surface area contributed by atoms with Gasteiger partial charge in [-0.25, -0.2) is 0 Å². The molecule has 0 spiro atoms. The van der Waals surface area contributed by atoms with E-state index in [0.29, 0.717) is 23.7 Å². The van der Waals surface area contributed by atoms with Crippen molar-refractivity contribution in [1.82, 2.24) is 0 Å². The summed E-state index contributed by atoms with van der Waals surface area (Å²) in [5.41, 5.74) is 1.67. The summed E-state index contributed by atoms with van der Waals surface area (Å²) < 4.78 is 10.9. The molecule has 0 amide bonds. The van der Waals surface area contributed by atoms with Crippen molar-refractivity contribution in [2.45, 2.75) is 13.3 Å². The van der Waals surface area contributed by atoms with Gasteiger partial charge in [0.2, 0.25) is 0 Å². The summed E-state index contributed by atoms with van der Waals surface area (Å²) >= 11 is 0. The molecule has 0 atom stereocenters. The van der Waals surface area contributed by atoms with Crippen LogP contribution in [0.5, 0.6) is 17.2 Å². The zero-order valence-electron chi connectivity index (χ0n) is 12.1. The third-order valence-corrected chi connectivity index (χ3v) is 3.15. The van der Waals surface area contributed by atoms with Crippen molar-refractivity contribution in [3.8, 4) is 17.2 Å². The highest BCUT2D eigenvalue weighted by Gasteiger charge is 2.08. The molecule has 2 aromatic rings. The SMILES string of the molecule is COc1cc(C(C)=O)ccc1OCCc1ccc(O)cc1. The quantitative estimate of drug-likeness (QED) is 0.828. The molecule has 1 N–H and O–H groups in total. The average molecular weight is 286 g/mol. The molecule has 4 heteroatoms. The molecule has 0 aliphatic carbocycles. The van der Waals surface area contributed by atoms with Gasteiger partial charge in [0.15, 0.2) is 17.3 Å². The smallest absolute Gasteiger partial charge is 0.161 e. The summed E-state index contributed by atoms with van der Waals surface area (Å²) in [6.07, 6.45) is 0.720. The highest BCUT2D eigenvalue weighted by Crippen LogP contribution is 2.28. The number of carbonyl (C=O) groups is 1. The summed E-state index contributed by atoms with van der Waals surface area (Å²) in [5.74, 6) is 1.40. The third-order valence-electron chi connectivity index (χ3n) is 3.15. The molecule has 4 nitrogen and oxygen atoms in total. The molecule has 0 aliphatic heterocycles. The number of aromatic hydroxyl groups is 1. The summed E-state index contributed by atoms with van der Waals surface area (Å²) in [6, 6.07) is 12.2. The van der Waals surface area contributed by atoms with Gasteiger partial charge >= 0.3 is 0 Å². The van der Waals surface area contributed by atoms with Gasteiger partial charge in [-0.15, -0.1) is 0 Å². The van der Waals surface area contributed by atoms with Gasteiger partial charge < -0.3 is 14.6 Å². The number of rotatable bonds is 6. The largest absolute Gasteiger partial charge is 0.508 e. The van der Waals surface area contributed by atoms with Gasteiger partial charge in [-0.2, -0.15) is 0 Å². The summed E-state index contributed by atoms with van der Waals surface area (Å²) in [5, 5.41) is 9.22. The Kier molecular flexibility index (Phi) is 4.82. The summed E-state index contributed by atoms with van der Waals surface area (Å²) in [7, 11) is 1.55. The molecular formula is C17H18O4. The van der Waals surface area contributed by atoms with Gasteiger partial charge in [0, 0.05) is 12.0 Å². The Morgan fingerprint density at radius 3 is 2.43 bits per heavy atom. The first-order chi connectivity index (χ1) is 10.1. The Balaban J connectivity index is 1.99. The van der Waals surface area contributed by atoms with Crippen LogP contribution in [0.15, 0.2) is 42.5 Å². The van der Waals surface area contributed by atoms with E-state index in [4.69, 9.17) is 9.47 Å². The van der Waals surface area contributed by atoms with E-state index in [1.165, 1.54) is 6.92 Å². The van der Waals surface area contributed by atoms with Crippen LogP contribution in [0.25, 0.3) is 0 Å². The van der Waals surface area contributed by atoms with E-state index in [0.717, 1.165) is 12.0 Å². The summed E-state index contributed by atoms with van der Waals surface area (Å²) in [4.78, 5) is 11.3. The molecule has 110 valence electrons. The van der Waals surface area contributed by atoms with Gasteiger partial charge in [0.05, 0.1) is 13.7 Å². The van der Waals surface area contributed by atoms with Crippen LogP contribution in [-0.2, 0) is 6.42 Å². The molecule has 0 saturated carbocycles. The lowest BCUT2D eigenvalue weighted by Crippen LogP contribution is -2.03. The zero-order valence-corrected chi connectivity index (χ0v) is 12.1. The first-order valence-corrected chi connectivity index (χ1v) is 6.70. The highest BCUT2D eigenvalue weighted by molar-refractivity contribution is 5.94. The highest BCUT2D eigenvalue weighted by atomic mass is 16.5. The Morgan fingerprint density at radius 2 is 1.81 bits per heavy atom. The lowest BCUT2D eigenvalue weighted by Gasteiger charge is -2.11. The summed E-state index contributed by atoms with van der Waals surface area (Å²) in [6.45, 7) is 2.00. The van der Waals surface area contributed by atoms with E-state index < -0.39 is 0 Å². The minimum Gasteiger partial charge on any atom is -0.508 e. The minimum absolute atomic E-state index is 0.0102. The molecule has 0 bridgehead atoms. The Morgan fingerprint density at radius 1 is 1.10 bits per heavy atom. The van der Waals surface area contributed by atoms with Crippen molar-refractivity contribution in [2.24, 2.45) is 0 Å². The molecule has 0 fully saturated rings. The molecule has 0 unspecified atom stereocenters. The fourth-order valence-electron chi connectivity index (χ4n) is 1.95. The van der Waals surface area contributed by atoms with Gasteiger partial charge in [-0.3, -0.25) is 4.79 Å². The van der Waals surface area contributed by atoms with Crippen LogP contribution in [0, 0.1) is 0 Å². The van der Waals surface area contributed by atoms with Crippen molar-refractivity contribution >= 4 is 5.78 Å². The van der Waals surface area contributed by atoms with Crippen LogP contribution in [0.4, 0.5) is 0 Å². The lowest BCUT2D eigenvalue weighted by atomic mass is 10.1. The van der Waals surface area contributed by atoms with Crippen molar-refractivity contribution < 1.29 is 19.4 Å². The van der Waals surface area contributed by atoms with Crippen molar-refractivity contribution in [1.29, 1.82) is 0 Å². The number of methoxy groups -OCH3 is 1. The molecule has 0 saturated heterocycles. The van der Waals surface area contributed by atoms with Crippen LogP contribution < -0.4 is 9.47 Å². The molecule has 21 heavy (non-hydrogen) atoms. The number of hydrogen-bond donors (Lipinski definition) is 1. The second kappa shape index (κ2) is 6.79. The van der Waals surface area contributed by atoms with Crippen molar-refractivity contribution in [3.63, 3.8) is 0 Å². The molecule has 0 radical (unpaired) electrons. The first kappa shape index (κ1) is 14.9. The zero-order chi connectivity index (χ0) is 15.2. The van der Waals surface area contributed by atoms with Crippen molar-refractivity contribution in [2.75, 3.05) is 13.7 Å². The van der Waals surface area contributed by atoms with Gasteiger partial charge in [0.25, 0.3) is 0 Å². The second-order valence-electron chi connectivity index (χ2n) is 4.69. The topological polar surface area (TPSA) is 55.8 Å². The number of carbonyl (C=O) groups excluding carboxylic acids is 1. The lowest BCUT2D eigenvalue weighted by molar-refractivity contribution is 0.101. The monoisotopic (exact) mass is 286 g/mol. The molecular weight excluding hydrogens is 268 g/mol. The van der Waals surface area contributed by atoms with Crippen LogP contribution in [0.1, 0.15) is 22.8 Å². The number of ether oxygens (including phenoxy) is 2. The number of ketones is 1. The number of phenols is 1. The first-order valence-electron chi connectivity index (χ1n) is 6.70. The van der Waals surface area contributed by atoms with E-state index >= 15 is 0 Å². The van der Waals surface area contributed by atoms with Gasteiger partial charge in [-0.05, 0) is 42.8 Å². The van der Waals surface area contributed by atoms with Crippen molar-refractivity contribution in [3.05, 3.63) is 53.6 Å². The molecule has 2 rings (SSSR count). The van der Waals surface area contributed by atoms with Crippen LogP contribution >= 0.6 is 0 Å². The van der Waals surface area contributed by atoms with Crippen LogP contribution in [0.2, 0.25) is 0 Å². The second-order valence-corrected chi connectivity index (χ2v) is 4.69. The minimum atomic E-state index is -0.0102. The average Bonchev–Trinajstić information content (AvgIpc) is 2.49. The molecule has 0 heterocycles. The molecule has 0 aromatic heterocycles. The van der Waals surface area contributed by atoms with E-state index in [9.17, 15) is 9.90 Å². The Bertz CT molecular complexity index is 617. The standard InChI is InChI=1S/C17H18O4/c1-12(18)14-5-8-16(17(11-14)20-2)21-10-9-13-3-6-15(19)7-4-13/h3-8,11,19H,9-10H2,1-2H3. The number of hydrogen-bond acceptors (Lipinski definition) is 4. The van der Waals surface area contributed by atoms with Gasteiger partial charge in [0.1, 0.15) is 5.75 Å². The molecule has 0 aliphatic rings.